The first kappa shape index (κ1) is 16.6. The van der Waals surface area contributed by atoms with Gasteiger partial charge in [0.2, 0.25) is 0 Å². The lowest BCUT2D eigenvalue weighted by atomic mass is 10.3. The van der Waals surface area contributed by atoms with Gasteiger partial charge in [0.05, 0.1) is 12.2 Å². The summed E-state index contributed by atoms with van der Waals surface area (Å²) in [4.78, 5) is 37.2. The third kappa shape index (κ3) is 4.28. The van der Waals surface area contributed by atoms with E-state index in [0.29, 0.717) is 12.0 Å². The second kappa shape index (κ2) is 8.01. The Hall–Kier alpha value is -2.41. The van der Waals surface area contributed by atoms with Gasteiger partial charge in [0, 0.05) is 14.2 Å². The topological polar surface area (TPSA) is 79.0 Å². The number of para-hydroxylation sites is 1. The van der Waals surface area contributed by atoms with Gasteiger partial charge in [-0.25, -0.2) is 14.5 Å². The molecular weight excluding hydrogens is 274 g/mol. The smallest absolute Gasteiger partial charge is 0.334 e. The van der Waals surface area contributed by atoms with E-state index in [2.05, 4.69) is 5.32 Å². The van der Waals surface area contributed by atoms with Crippen LogP contribution in [0.15, 0.2) is 30.3 Å². The molecule has 0 spiro atoms. The van der Waals surface area contributed by atoms with Crippen molar-refractivity contribution in [3.8, 4) is 0 Å². The lowest BCUT2D eigenvalue weighted by molar-refractivity contribution is -0.107. The Morgan fingerprint density at radius 2 is 1.95 bits per heavy atom. The fraction of sp³-hybridized carbons (Fsp3) is 0.357. The monoisotopic (exact) mass is 293 g/mol. The maximum Gasteiger partial charge on any atom is 0.334 e. The van der Waals surface area contributed by atoms with Crippen LogP contribution in [0.25, 0.3) is 0 Å². The number of hydrogen-bond acceptors (Lipinski definition) is 4. The summed E-state index contributed by atoms with van der Waals surface area (Å²) in [5.41, 5.74) is 0.404. The normalized spacial score (nSPS) is 11.4. The Balaban J connectivity index is 3.04. The molecule has 114 valence electrons. The molecule has 21 heavy (non-hydrogen) atoms. The van der Waals surface area contributed by atoms with Crippen molar-refractivity contribution >= 4 is 24.0 Å². The Morgan fingerprint density at radius 3 is 2.48 bits per heavy atom. The van der Waals surface area contributed by atoms with E-state index >= 15 is 0 Å². The van der Waals surface area contributed by atoms with Crippen LogP contribution in [0.4, 0.5) is 15.3 Å². The number of imide groups is 1. The highest BCUT2D eigenvalue weighted by Crippen LogP contribution is 2.16. The van der Waals surface area contributed by atoms with E-state index in [1.54, 1.807) is 37.3 Å². The average molecular weight is 293 g/mol. The summed E-state index contributed by atoms with van der Waals surface area (Å²) in [5.74, 6) is 0. The summed E-state index contributed by atoms with van der Waals surface area (Å²) in [5, 5.41) is 2.35. The first-order chi connectivity index (χ1) is 10.0. The first-order valence-corrected chi connectivity index (χ1v) is 6.39. The molecule has 7 nitrogen and oxygen atoms in total. The van der Waals surface area contributed by atoms with Crippen LogP contribution < -0.4 is 10.2 Å². The van der Waals surface area contributed by atoms with Crippen LogP contribution >= 0.6 is 0 Å². The fourth-order valence-corrected chi connectivity index (χ4v) is 1.57. The highest BCUT2D eigenvalue weighted by atomic mass is 16.5. The lowest BCUT2D eigenvalue weighted by Crippen LogP contribution is -2.52. The van der Waals surface area contributed by atoms with Gasteiger partial charge < -0.3 is 19.7 Å². The van der Waals surface area contributed by atoms with E-state index in [4.69, 9.17) is 4.74 Å². The first-order valence-electron chi connectivity index (χ1n) is 6.39. The molecule has 0 heterocycles. The number of nitrogens with zero attached hydrogens (tertiary/aromatic N) is 2. The molecule has 0 aliphatic carbocycles. The van der Waals surface area contributed by atoms with Gasteiger partial charge >= 0.3 is 12.1 Å². The molecule has 0 saturated heterocycles. The minimum absolute atomic E-state index is 0.168. The molecule has 0 saturated carbocycles. The molecule has 1 rings (SSSR count). The highest BCUT2D eigenvalue weighted by Gasteiger charge is 2.28. The molecule has 0 fully saturated rings. The van der Waals surface area contributed by atoms with Crippen molar-refractivity contribution in [3.63, 3.8) is 0 Å². The summed E-state index contributed by atoms with van der Waals surface area (Å²) in [7, 11) is 2.99. The van der Waals surface area contributed by atoms with Gasteiger partial charge in [-0.2, -0.15) is 0 Å². The van der Waals surface area contributed by atoms with Crippen LogP contribution in [-0.2, 0) is 9.53 Å². The Kier molecular flexibility index (Phi) is 6.35. The fourth-order valence-electron chi connectivity index (χ4n) is 1.57. The summed E-state index contributed by atoms with van der Waals surface area (Å²) in [6.07, 6.45) is 0.0510. The number of urea groups is 2. The van der Waals surface area contributed by atoms with E-state index < -0.39 is 18.3 Å². The zero-order valence-electron chi connectivity index (χ0n) is 12.3. The molecule has 4 amide bonds. The van der Waals surface area contributed by atoms with Gasteiger partial charge in [-0.3, -0.25) is 0 Å². The number of anilines is 1. The van der Waals surface area contributed by atoms with Crippen molar-refractivity contribution in [1.29, 1.82) is 0 Å². The maximum absolute atomic E-state index is 12.5. The van der Waals surface area contributed by atoms with Crippen molar-refractivity contribution < 1.29 is 19.1 Å². The predicted molar refractivity (Wildman–Crippen MR) is 78.0 cm³/mol. The molecule has 1 aromatic carbocycles. The molecule has 1 atom stereocenters. The molecule has 0 aliphatic heterocycles. The molecule has 0 radical (unpaired) electrons. The van der Waals surface area contributed by atoms with E-state index in [-0.39, 0.29) is 6.54 Å². The van der Waals surface area contributed by atoms with Crippen LogP contribution in [0.2, 0.25) is 0 Å². The third-order valence-electron chi connectivity index (χ3n) is 2.93. The number of amides is 4. The quantitative estimate of drug-likeness (QED) is 0.658. The minimum Gasteiger partial charge on any atom is -0.362 e. The van der Waals surface area contributed by atoms with Crippen molar-refractivity contribution in [1.82, 2.24) is 10.2 Å². The third-order valence-corrected chi connectivity index (χ3v) is 2.93. The Morgan fingerprint density at radius 1 is 1.33 bits per heavy atom. The predicted octanol–water partition coefficient (Wildman–Crippen LogP) is 1.45. The Labute approximate surface area is 123 Å². The van der Waals surface area contributed by atoms with Gasteiger partial charge in [0.1, 0.15) is 12.5 Å². The second-order valence-electron chi connectivity index (χ2n) is 4.25. The molecule has 0 bridgehead atoms. The van der Waals surface area contributed by atoms with E-state index in [1.165, 1.54) is 19.1 Å². The molecule has 7 heteroatoms. The summed E-state index contributed by atoms with van der Waals surface area (Å²) in [6, 6.07) is 7.22. The summed E-state index contributed by atoms with van der Waals surface area (Å²) < 4.78 is 5.07. The van der Waals surface area contributed by atoms with Crippen LogP contribution in [-0.4, -0.2) is 50.2 Å². The second-order valence-corrected chi connectivity index (χ2v) is 4.25. The summed E-state index contributed by atoms with van der Waals surface area (Å²) in [6.45, 7) is 1.52. The zero-order chi connectivity index (χ0) is 15.8. The number of methoxy groups -OCH3 is 1. The maximum atomic E-state index is 12.5. The van der Waals surface area contributed by atoms with Crippen molar-refractivity contribution in [2.24, 2.45) is 0 Å². The van der Waals surface area contributed by atoms with Gasteiger partial charge in [-0.15, -0.1) is 0 Å². The van der Waals surface area contributed by atoms with Crippen molar-refractivity contribution in [2.45, 2.75) is 13.2 Å². The number of carbonyl (C=O) groups is 3. The number of aldehydes is 1. The highest BCUT2D eigenvalue weighted by molar-refractivity contribution is 6.13. The number of ether oxygens (including phenoxy) is 1. The minimum atomic E-state index is -0.673. The van der Waals surface area contributed by atoms with E-state index in [9.17, 15) is 14.4 Å². The van der Waals surface area contributed by atoms with Gasteiger partial charge in [0.15, 0.2) is 0 Å². The van der Waals surface area contributed by atoms with Crippen molar-refractivity contribution in [2.75, 3.05) is 25.6 Å². The van der Waals surface area contributed by atoms with Gasteiger partial charge in [-0.05, 0) is 19.1 Å². The molecule has 1 N–H and O–H groups in total. The SMILES string of the molecule is COC(C)N(C)C(=O)N(C(=O)NCC=O)c1ccccc1. The number of rotatable bonds is 5. The standard InChI is InChI=1S/C14H19N3O4/c1-11(21-3)16(2)14(20)17(13(19)15-9-10-18)12-7-5-4-6-8-12/h4-8,10-11H,9H2,1-3H3,(H,15,19). The van der Waals surface area contributed by atoms with Crippen LogP contribution in [0.5, 0.6) is 0 Å². The number of hydrogen-bond donors (Lipinski definition) is 1. The molecular formula is C14H19N3O4. The zero-order valence-corrected chi connectivity index (χ0v) is 12.3. The van der Waals surface area contributed by atoms with Crippen LogP contribution in [0, 0.1) is 0 Å². The number of carbonyl (C=O) groups excluding carboxylic acids is 3. The molecule has 0 aromatic heterocycles. The Bertz CT molecular complexity index is 492. The molecule has 1 aromatic rings. The molecule has 1 unspecified atom stereocenters. The van der Waals surface area contributed by atoms with Crippen LogP contribution in [0.3, 0.4) is 0 Å². The van der Waals surface area contributed by atoms with Crippen LogP contribution in [0.1, 0.15) is 6.92 Å². The average Bonchev–Trinajstić information content (AvgIpc) is 2.52. The van der Waals surface area contributed by atoms with E-state index in [1.807, 2.05) is 0 Å². The number of nitrogens with one attached hydrogen (secondary N) is 1. The van der Waals surface area contributed by atoms with E-state index in [0.717, 1.165) is 4.90 Å². The van der Waals surface area contributed by atoms with Crippen molar-refractivity contribution in [3.05, 3.63) is 30.3 Å². The van der Waals surface area contributed by atoms with Gasteiger partial charge in [0.25, 0.3) is 0 Å². The lowest BCUT2D eigenvalue weighted by Gasteiger charge is -2.29. The largest absolute Gasteiger partial charge is 0.362 e. The van der Waals surface area contributed by atoms with Gasteiger partial charge in [-0.1, -0.05) is 18.2 Å². The number of benzene rings is 1. The summed E-state index contributed by atoms with van der Waals surface area (Å²) >= 11 is 0. The molecule has 0 aliphatic rings.